The second-order valence-electron chi connectivity index (χ2n) is 7.74. The smallest absolute Gasteiger partial charge is 0.247 e. The molecule has 2 aliphatic heterocycles. The van der Waals surface area contributed by atoms with E-state index in [0.717, 1.165) is 80.9 Å². The number of hydrogen-bond acceptors (Lipinski definition) is 8. The SMILES string of the molecule is Cc1cc(Nc2nc3cccc(NC4CCOCC4)n3n2)cnc1N1CCOCC1. The first-order valence-electron chi connectivity index (χ1n) is 10.5. The van der Waals surface area contributed by atoms with Crippen LogP contribution < -0.4 is 15.5 Å². The minimum atomic E-state index is 0.393. The van der Waals surface area contributed by atoms with Gasteiger partial charge >= 0.3 is 0 Å². The first kappa shape index (κ1) is 19.1. The molecular formula is C21H27N7O2. The minimum absolute atomic E-state index is 0.393. The molecular weight excluding hydrogens is 382 g/mol. The van der Waals surface area contributed by atoms with Gasteiger partial charge in [-0.3, -0.25) is 0 Å². The van der Waals surface area contributed by atoms with Gasteiger partial charge in [-0.1, -0.05) is 6.07 Å². The number of ether oxygens (including phenoxy) is 2. The van der Waals surface area contributed by atoms with Crippen LogP contribution >= 0.6 is 0 Å². The van der Waals surface area contributed by atoms with E-state index in [-0.39, 0.29) is 0 Å². The summed E-state index contributed by atoms with van der Waals surface area (Å²) in [6, 6.07) is 8.47. The third kappa shape index (κ3) is 4.03. The average Bonchev–Trinajstić information content (AvgIpc) is 3.19. The summed E-state index contributed by atoms with van der Waals surface area (Å²) in [4.78, 5) is 11.6. The predicted molar refractivity (Wildman–Crippen MR) is 116 cm³/mol. The standard InChI is InChI=1S/C21H27N7O2/c1-15-13-17(14-22-20(15)27-7-11-30-12-8-27)24-21-25-19-4-2-3-18(28(19)26-21)23-16-5-9-29-10-6-16/h2-4,13-14,16,23H,5-12H2,1H3,(H,24,26). The van der Waals surface area contributed by atoms with E-state index < -0.39 is 0 Å². The topological polar surface area (TPSA) is 88.8 Å². The highest BCUT2D eigenvalue weighted by molar-refractivity contribution is 5.61. The molecule has 5 heterocycles. The summed E-state index contributed by atoms with van der Waals surface area (Å²) in [6.07, 6.45) is 3.83. The molecule has 3 aromatic rings. The molecule has 9 heteroatoms. The molecule has 2 saturated heterocycles. The molecule has 2 N–H and O–H groups in total. The lowest BCUT2D eigenvalue weighted by atomic mass is 10.1. The van der Waals surface area contributed by atoms with Crippen LogP contribution in [0.25, 0.3) is 5.65 Å². The summed E-state index contributed by atoms with van der Waals surface area (Å²) in [5, 5.41) is 11.5. The summed E-state index contributed by atoms with van der Waals surface area (Å²) < 4.78 is 12.7. The maximum atomic E-state index is 5.45. The van der Waals surface area contributed by atoms with Crippen molar-refractivity contribution in [3.05, 3.63) is 36.0 Å². The third-order valence-corrected chi connectivity index (χ3v) is 5.55. The monoisotopic (exact) mass is 409 g/mol. The van der Waals surface area contributed by atoms with Crippen molar-refractivity contribution in [3.63, 3.8) is 0 Å². The Balaban J connectivity index is 1.34. The molecule has 30 heavy (non-hydrogen) atoms. The molecule has 158 valence electrons. The first-order chi connectivity index (χ1) is 14.8. The van der Waals surface area contributed by atoms with Crippen LogP contribution in [0.2, 0.25) is 0 Å². The van der Waals surface area contributed by atoms with Gasteiger partial charge in [0.05, 0.1) is 25.1 Å². The predicted octanol–water partition coefficient (Wildman–Crippen LogP) is 2.60. The number of fused-ring (bicyclic) bond motifs is 1. The number of nitrogens with zero attached hydrogens (tertiary/aromatic N) is 5. The number of aromatic nitrogens is 4. The number of nitrogens with one attached hydrogen (secondary N) is 2. The molecule has 0 aliphatic carbocycles. The van der Waals surface area contributed by atoms with E-state index >= 15 is 0 Å². The largest absolute Gasteiger partial charge is 0.381 e. The van der Waals surface area contributed by atoms with Gasteiger partial charge in [-0.2, -0.15) is 9.50 Å². The fourth-order valence-corrected chi connectivity index (χ4v) is 3.99. The van der Waals surface area contributed by atoms with Crippen LogP contribution in [0.5, 0.6) is 0 Å². The minimum Gasteiger partial charge on any atom is -0.381 e. The van der Waals surface area contributed by atoms with Crippen LogP contribution in [-0.2, 0) is 9.47 Å². The van der Waals surface area contributed by atoms with E-state index in [1.807, 2.05) is 28.9 Å². The molecule has 3 aromatic heterocycles. The van der Waals surface area contributed by atoms with Gasteiger partial charge in [-0.05, 0) is 43.5 Å². The number of aryl methyl sites for hydroxylation is 1. The Morgan fingerprint density at radius 1 is 1.07 bits per heavy atom. The van der Waals surface area contributed by atoms with Gasteiger partial charge in [0.1, 0.15) is 11.6 Å². The molecule has 0 atom stereocenters. The van der Waals surface area contributed by atoms with Crippen molar-refractivity contribution in [1.29, 1.82) is 0 Å². The van der Waals surface area contributed by atoms with E-state index in [1.165, 1.54) is 0 Å². The maximum Gasteiger partial charge on any atom is 0.247 e. The highest BCUT2D eigenvalue weighted by atomic mass is 16.5. The van der Waals surface area contributed by atoms with Crippen molar-refractivity contribution in [2.45, 2.75) is 25.8 Å². The Labute approximate surface area is 175 Å². The molecule has 0 saturated carbocycles. The van der Waals surface area contributed by atoms with Crippen LogP contribution in [-0.4, -0.2) is 65.1 Å². The summed E-state index contributed by atoms with van der Waals surface area (Å²) in [5.74, 6) is 2.50. The number of anilines is 4. The molecule has 0 amide bonds. The van der Waals surface area contributed by atoms with Gasteiger partial charge in [0, 0.05) is 32.3 Å². The Morgan fingerprint density at radius 3 is 2.67 bits per heavy atom. The summed E-state index contributed by atoms with van der Waals surface area (Å²) >= 11 is 0. The van der Waals surface area contributed by atoms with E-state index in [1.54, 1.807) is 0 Å². The fraction of sp³-hybridized carbons (Fsp3) is 0.476. The van der Waals surface area contributed by atoms with Gasteiger partial charge in [-0.25, -0.2) is 4.98 Å². The lowest BCUT2D eigenvalue weighted by Gasteiger charge is -2.29. The molecule has 9 nitrogen and oxygen atoms in total. The van der Waals surface area contributed by atoms with Crippen LogP contribution in [0, 0.1) is 6.92 Å². The highest BCUT2D eigenvalue weighted by Crippen LogP contribution is 2.24. The molecule has 0 spiro atoms. The Bertz CT molecular complexity index is 1010. The maximum absolute atomic E-state index is 5.45. The zero-order chi connectivity index (χ0) is 20.3. The van der Waals surface area contributed by atoms with E-state index in [2.05, 4.69) is 43.6 Å². The van der Waals surface area contributed by atoms with Crippen molar-refractivity contribution in [1.82, 2.24) is 19.6 Å². The second kappa shape index (κ2) is 8.45. The van der Waals surface area contributed by atoms with Gasteiger partial charge in [0.2, 0.25) is 5.95 Å². The van der Waals surface area contributed by atoms with Crippen LogP contribution in [0.4, 0.5) is 23.3 Å². The summed E-state index contributed by atoms with van der Waals surface area (Å²) in [5.41, 5.74) is 2.79. The van der Waals surface area contributed by atoms with Gasteiger partial charge in [0.25, 0.3) is 0 Å². The molecule has 0 bridgehead atoms. The van der Waals surface area contributed by atoms with E-state index in [9.17, 15) is 0 Å². The fourth-order valence-electron chi connectivity index (χ4n) is 3.99. The Kier molecular flexibility index (Phi) is 5.37. The second-order valence-corrected chi connectivity index (χ2v) is 7.74. The summed E-state index contributed by atoms with van der Waals surface area (Å²) in [6.45, 7) is 6.91. The number of morpholine rings is 1. The van der Waals surface area contributed by atoms with Crippen molar-refractivity contribution in [2.75, 3.05) is 55.1 Å². The van der Waals surface area contributed by atoms with Crippen molar-refractivity contribution in [2.24, 2.45) is 0 Å². The number of pyridine rings is 2. The molecule has 0 unspecified atom stereocenters. The first-order valence-corrected chi connectivity index (χ1v) is 10.5. The number of rotatable bonds is 5. The van der Waals surface area contributed by atoms with Gasteiger partial charge in [0.15, 0.2) is 5.65 Å². The number of hydrogen-bond donors (Lipinski definition) is 2. The molecule has 0 aromatic carbocycles. The van der Waals surface area contributed by atoms with E-state index in [4.69, 9.17) is 9.47 Å². The molecule has 2 fully saturated rings. The third-order valence-electron chi connectivity index (χ3n) is 5.55. The van der Waals surface area contributed by atoms with Crippen molar-refractivity contribution < 1.29 is 9.47 Å². The van der Waals surface area contributed by atoms with Crippen LogP contribution in [0.1, 0.15) is 18.4 Å². The van der Waals surface area contributed by atoms with Crippen LogP contribution in [0.15, 0.2) is 30.5 Å². The molecule has 5 rings (SSSR count). The average molecular weight is 409 g/mol. The molecule has 0 radical (unpaired) electrons. The molecule has 2 aliphatic rings. The van der Waals surface area contributed by atoms with Crippen molar-refractivity contribution in [3.8, 4) is 0 Å². The van der Waals surface area contributed by atoms with Crippen molar-refractivity contribution >= 4 is 28.9 Å². The lowest BCUT2D eigenvalue weighted by Crippen LogP contribution is -2.37. The van der Waals surface area contributed by atoms with E-state index in [0.29, 0.717) is 12.0 Å². The highest BCUT2D eigenvalue weighted by Gasteiger charge is 2.17. The van der Waals surface area contributed by atoms with Gasteiger partial charge in [-0.15, -0.1) is 5.10 Å². The van der Waals surface area contributed by atoms with Gasteiger partial charge < -0.3 is 25.0 Å². The zero-order valence-corrected chi connectivity index (χ0v) is 17.2. The normalized spacial score (nSPS) is 18.0. The van der Waals surface area contributed by atoms with Crippen LogP contribution in [0.3, 0.4) is 0 Å². The zero-order valence-electron chi connectivity index (χ0n) is 17.2. The quantitative estimate of drug-likeness (QED) is 0.665. The lowest BCUT2D eigenvalue weighted by molar-refractivity contribution is 0.0903. The Hall–Kier alpha value is -2.91. The summed E-state index contributed by atoms with van der Waals surface area (Å²) in [7, 11) is 0. The Morgan fingerprint density at radius 2 is 1.87 bits per heavy atom.